The van der Waals surface area contributed by atoms with E-state index in [1.54, 1.807) is 12.1 Å². The number of benzene rings is 2. The second-order valence-electron chi connectivity index (χ2n) is 9.22. The number of aryl methyl sites for hydroxylation is 1. The van der Waals surface area contributed by atoms with E-state index in [1.165, 1.54) is 24.3 Å². The van der Waals surface area contributed by atoms with Crippen molar-refractivity contribution >= 4 is 17.9 Å². The smallest absolute Gasteiger partial charge is 0.338 e. The number of aliphatic hydroxyl groups excluding tert-OH is 1. The molecule has 9 nitrogen and oxygen atoms in total. The zero-order valence-electron chi connectivity index (χ0n) is 23.1. The lowest BCUT2D eigenvalue weighted by molar-refractivity contribution is 0.0110. The van der Waals surface area contributed by atoms with Gasteiger partial charge in [0.05, 0.1) is 61.9 Å². The standard InChI is InChI=1S/C30H40O9/c1-22-6-10-25(11-7-22)28(32)37-19-4-17-35-23(2)8-9-24(3)36-18-5-20-38-29(33)26-12-14-27(15-13-26)30(34)39-21-16-31/h6-7,10-15,23-24,31H,4-5,8-9,16-21H2,1-3H3. The van der Waals surface area contributed by atoms with E-state index in [2.05, 4.69) is 0 Å². The van der Waals surface area contributed by atoms with Crippen LogP contribution in [-0.4, -0.2) is 74.9 Å². The highest BCUT2D eigenvalue weighted by Crippen LogP contribution is 2.11. The first-order chi connectivity index (χ1) is 18.8. The maximum atomic E-state index is 12.2. The highest BCUT2D eigenvalue weighted by molar-refractivity contribution is 5.93. The molecule has 0 saturated carbocycles. The van der Waals surface area contributed by atoms with Gasteiger partial charge in [0.1, 0.15) is 6.61 Å². The van der Waals surface area contributed by atoms with Crippen molar-refractivity contribution in [2.75, 3.05) is 39.6 Å². The Kier molecular flexibility index (Phi) is 14.8. The predicted octanol–water partition coefficient (Wildman–Crippen LogP) is 4.53. The first-order valence-electron chi connectivity index (χ1n) is 13.3. The maximum absolute atomic E-state index is 12.2. The molecule has 39 heavy (non-hydrogen) atoms. The molecule has 0 radical (unpaired) electrons. The third kappa shape index (κ3) is 12.9. The van der Waals surface area contributed by atoms with E-state index in [4.69, 9.17) is 28.8 Å². The van der Waals surface area contributed by atoms with E-state index in [0.717, 1.165) is 18.4 Å². The average Bonchev–Trinajstić information content (AvgIpc) is 2.94. The van der Waals surface area contributed by atoms with Gasteiger partial charge in [-0.15, -0.1) is 0 Å². The average molecular weight is 545 g/mol. The monoisotopic (exact) mass is 544 g/mol. The van der Waals surface area contributed by atoms with Crippen molar-refractivity contribution in [1.29, 1.82) is 0 Å². The zero-order valence-corrected chi connectivity index (χ0v) is 23.1. The second kappa shape index (κ2) is 18.1. The molecule has 9 heteroatoms. The normalized spacial score (nSPS) is 12.4. The molecule has 0 saturated heterocycles. The van der Waals surface area contributed by atoms with Crippen LogP contribution in [0, 0.1) is 6.92 Å². The minimum atomic E-state index is -0.562. The third-order valence-corrected chi connectivity index (χ3v) is 5.80. The van der Waals surface area contributed by atoms with Crippen LogP contribution in [0.2, 0.25) is 0 Å². The summed E-state index contributed by atoms with van der Waals surface area (Å²) in [6.45, 7) is 7.16. The number of rotatable bonds is 18. The summed E-state index contributed by atoms with van der Waals surface area (Å²) in [5.41, 5.74) is 2.27. The summed E-state index contributed by atoms with van der Waals surface area (Å²) in [5.74, 6) is -1.36. The van der Waals surface area contributed by atoms with Gasteiger partial charge in [-0.3, -0.25) is 0 Å². The van der Waals surface area contributed by atoms with Crippen LogP contribution in [0.4, 0.5) is 0 Å². The summed E-state index contributed by atoms with van der Waals surface area (Å²) in [6, 6.07) is 13.2. The van der Waals surface area contributed by atoms with Crippen LogP contribution in [0.5, 0.6) is 0 Å². The molecule has 2 aromatic rings. The number of hydrogen-bond donors (Lipinski definition) is 1. The van der Waals surface area contributed by atoms with Gasteiger partial charge in [0, 0.05) is 12.8 Å². The number of carbonyl (C=O) groups excluding carboxylic acids is 3. The Hall–Kier alpha value is -3.27. The quantitative estimate of drug-likeness (QED) is 0.164. The molecule has 2 aromatic carbocycles. The van der Waals surface area contributed by atoms with E-state index in [1.807, 2.05) is 32.9 Å². The van der Waals surface area contributed by atoms with Crippen LogP contribution in [-0.2, 0) is 23.7 Å². The molecule has 1 N–H and O–H groups in total. The van der Waals surface area contributed by atoms with Crippen LogP contribution >= 0.6 is 0 Å². The lowest BCUT2D eigenvalue weighted by atomic mass is 10.1. The molecule has 214 valence electrons. The van der Waals surface area contributed by atoms with Crippen molar-refractivity contribution in [3.63, 3.8) is 0 Å². The van der Waals surface area contributed by atoms with Gasteiger partial charge in [0.15, 0.2) is 0 Å². The molecule has 2 atom stereocenters. The van der Waals surface area contributed by atoms with Crippen molar-refractivity contribution in [3.8, 4) is 0 Å². The van der Waals surface area contributed by atoms with E-state index < -0.39 is 11.9 Å². The van der Waals surface area contributed by atoms with Crippen LogP contribution in [0.1, 0.15) is 76.2 Å². The van der Waals surface area contributed by atoms with Crippen molar-refractivity contribution in [1.82, 2.24) is 0 Å². The van der Waals surface area contributed by atoms with E-state index in [-0.39, 0.29) is 38.0 Å². The summed E-state index contributed by atoms with van der Waals surface area (Å²) < 4.78 is 27.0. The first kappa shape index (κ1) is 31.9. The fourth-order valence-corrected chi connectivity index (χ4v) is 3.47. The molecule has 2 unspecified atom stereocenters. The fourth-order valence-electron chi connectivity index (χ4n) is 3.47. The van der Waals surface area contributed by atoms with Gasteiger partial charge in [-0.25, -0.2) is 14.4 Å². The van der Waals surface area contributed by atoms with Crippen LogP contribution < -0.4 is 0 Å². The van der Waals surface area contributed by atoms with Gasteiger partial charge >= 0.3 is 17.9 Å². The first-order valence-corrected chi connectivity index (χ1v) is 13.3. The van der Waals surface area contributed by atoms with Gasteiger partial charge in [-0.2, -0.15) is 0 Å². The van der Waals surface area contributed by atoms with Crippen LogP contribution in [0.15, 0.2) is 48.5 Å². The summed E-state index contributed by atoms with van der Waals surface area (Å²) in [6.07, 6.45) is 2.97. The lowest BCUT2D eigenvalue weighted by Crippen LogP contribution is -2.17. The highest BCUT2D eigenvalue weighted by atomic mass is 16.5. The van der Waals surface area contributed by atoms with Gasteiger partial charge in [-0.05, 0) is 70.0 Å². The Bertz CT molecular complexity index is 1000. The van der Waals surface area contributed by atoms with E-state index in [0.29, 0.717) is 49.4 Å². The zero-order chi connectivity index (χ0) is 28.5. The predicted molar refractivity (Wildman–Crippen MR) is 145 cm³/mol. The van der Waals surface area contributed by atoms with Crippen LogP contribution in [0.3, 0.4) is 0 Å². The Balaban J connectivity index is 1.49. The van der Waals surface area contributed by atoms with Gasteiger partial charge in [0.2, 0.25) is 0 Å². The Morgan fingerprint density at radius 2 is 0.974 bits per heavy atom. The minimum absolute atomic E-state index is 0.0420. The second-order valence-corrected chi connectivity index (χ2v) is 9.22. The molecule has 0 aliphatic rings. The molecule has 0 amide bonds. The number of carbonyl (C=O) groups is 3. The summed E-state index contributed by atoms with van der Waals surface area (Å²) in [4.78, 5) is 35.9. The van der Waals surface area contributed by atoms with Gasteiger partial charge in [0.25, 0.3) is 0 Å². The maximum Gasteiger partial charge on any atom is 0.338 e. The summed E-state index contributed by atoms with van der Waals surface area (Å²) in [7, 11) is 0. The molecular weight excluding hydrogens is 504 g/mol. The van der Waals surface area contributed by atoms with Gasteiger partial charge < -0.3 is 28.8 Å². The van der Waals surface area contributed by atoms with Crippen molar-refractivity contribution in [2.24, 2.45) is 0 Å². The molecule has 0 heterocycles. The highest BCUT2D eigenvalue weighted by Gasteiger charge is 2.12. The Morgan fingerprint density at radius 1 is 0.615 bits per heavy atom. The number of hydrogen-bond acceptors (Lipinski definition) is 9. The lowest BCUT2D eigenvalue weighted by Gasteiger charge is -2.17. The van der Waals surface area contributed by atoms with Crippen molar-refractivity contribution < 1.29 is 43.2 Å². The third-order valence-electron chi connectivity index (χ3n) is 5.80. The molecule has 2 rings (SSSR count). The Morgan fingerprint density at radius 3 is 1.36 bits per heavy atom. The SMILES string of the molecule is Cc1ccc(C(=O)OCCCOC(C)CCC(C)OCCCOC(=O)c2ccc(C(=O)OCCO)cc2)cc1. The molecule has 0 aliphatic carbocycles. The summed E-state index contributed by atoms with van der Waals surface area (Å²) in [5, 5.41) is 8.70. The van der Waals surface area contributed by atoms with E-state index >= 15 is 0 Å². The largest absolute Gasteiger partial charge is 0.462 e. The fraction of sp³-hybridized carbons (Fsp3) is 0.500. The minimum Gasteiger partial charge on any atom is -0.462 e. The number of esters is 3. The van der Waals surface area contributed by atoms with Crippen molar-refractivity contribution in [3.05, 3.63) is 70.8 Å². The van der Waals surface area contributed by atoms with E-state index in [9.17, 15) is 14.4 Å². The number of aliphatic hydroxyl groups is 1. The molecule has 0 fully saturated rings. The molecule has 0 aromatic heterocycles. The topological polar surface area (TPSA) is 118 Å². The molecule has 0 bridgehead atoms. The Labute approximate surface area is 230 Å². The molecule has 0 aliphatic heterocycles. The van der Waals surface area contributed by atoms with Crippen molar-refractivity contribution in [2.45, 2.75) is 58.7 Å². The van der Waals surface area contributed by atoms with Gasteiger partial charge in [-0.1, -0.05) is 17.7 Å². The summed E-state index contributed by atoms with van der Waals surface area (Å²) >= 11 is 0. The molecular formula is C30H40O9. The molecule has 0 spiro atoms. The number of ether oxygens (including phenoxy) is 5. The van der Waals surface area contributed by atoms with Crippen LogP contribution in [0.25, 0.3) is 0 Å².